The number of anilines is 2. The van der Waals surface area contributed by atoms with E-state index in [4.69, 9.17) is 15.9 Å². The van der Waals surface area contributed by atoms with E-state index < -0.39 is 0 Å². The van der Waals surface area contributed by atoms with Gasteiger partial charge in [-0.1, -0.05) is 12.0 Å². The first-order valence-corrected chi connectivity index (χ1v) is 9.44. The second-order valence-electron chi connectivity index (χ2n) is 6.74. The van der Waals surface area contributed by atoms with Crippen molar-refractivity contribution in [3.8, 4) is 18.1 Å². The monoisotopic (exact) mass is 404 g/mol. The SMILES string of the molecule is C#Cc1cccc(Nc2ncnc3cc(OC)c(CC(=O)N(C)CCOC)cc23)c1. The van der Waals surface area contributed by atoms with E-state index in [-0.39, 0.29) is 12.3 Å². The molecule has 0 bridgehead atoms. The number of carbonyl (C=O) groups is 1. The first kappa shape index (κ1) is 21.1. The van der Waals surface area contributed by atoms with Crippen LogP contribution in [0.1, 0.15) is 11.1 Å². The van der Waals surface area contributed by atoms with Crippen LogP contribution in [0.4, 0.5) is 11.5 Å². The summed E-state index contributed by atoms with van der Waals surface area (Å²) in [5, 5.41) is 4.07. The van der Waals surface area contributed by atoms with E-state index >= 15 is 0 Å². The van der Waals surface area contributed by atoms with Gasteiger partial charge in [-0.25, -0.2) is 9.97 Å². The van der Waals surface area contributed by atoms with E-state index in [1.807, 2.05) is 36.4 Å². The minimum atomic E-state index is -0.0298. The van der Waals surface area contributed by atoms with Crippen LogP contribution in [0, 0.1) is 12.3 Å². The molecule has 1 aromatic heterocycles. The molecular weight excluding hydrogens is 380 g/mol. The lowest BCUT2D eigenvalue weighted by molar-refractivity contribution is -0.129. The van der Waals surface area contributed by atoms with Gasteiger partial charge in [0.25, 0.3) is 0 Å². The predicted octanol–water partition coefficient (Wildman–Crippen LogP) is 3.01. The Bertz CT molecular complexity index is 1090. The minimum Gasteiger partial charge on any atom is -0.496 e. The first-order chi connectivity index (χ1) is 14.5. The standard InChI is InChI=1S/C23H24N4O3/c1-5-16-7-6-8-18(11-16)26-23-19-12-17(13-22(28)27(2)9-10-29-3)21(30-4)14-20(19)24-15-25-23/h1,6-8,11-12,14-15H,9-10,13H2,2-4H3,(H,24,25,26). The lowest BCUT2D eigenvalue weighted by Crippen LogP contribution is -2.31. The normalized spacial score (nSPS) is 10.5. The molecule has 3 rings (SSSR count). The van der Waals surface area contributed by atoms with Gasteiger partial charge in [-0.2, -0.15) is 0 Å². The molecule has 0 aliphatic heterocycles. The Morgan fingerprint density at radius 1 is 1.23 bits per heavy atom. The topological polar surface area (TPSA) is 76.6 Å². The molecule has 7 heteroatoms. The largest absolute Gasteiger partial charge is 0.496 e. The fraction of sp³-hybridized carbons (Fsp3) is 0.261. The number of methoxy groups -OCH3 is 2. The average molecular weight is 404 g/mol. The molecule has 0 aliphatic rings. The van der Waals surface area contributed by atoms with Crippen LogP contribution in [-0.2, 0) is 16.0 Å². The molecule has 2 aromatic carbocycles. The second kappa shape index (κ2) is 9.72. The van der Waals surface area contributed by atoms with Crippen molar-refractivity contribution < 1.29 is 14.3 Å². The number of fused-ring (bicyclic) bond motifs is 1. The van der Waals surface area contributed by atoms with Crippen molar-refractivity contribution in [1.29, 1.82) is 0 Å². The smallest absolute Gasteiger partial charge is 0.226 e. The zero-order valence-corrected chi connectivity index (χ0v) is 17.3. The number of terminal acetylenes is 1. The molecule has 0 atom stereocenters. The van der Waals surface area contributed by atoms with Crippen LogP contribution in [0.15, 0.2) is 42.7 Å². The lowest BCUT2D eigenvalue weighted by atomic mass is 10.1. The van der Waals surface area contributed by atoms with E-state index in [9.17, 15) is 4.79 Å². The number of nitrogens with zero attached hydrogens (tertiary/aromatic N) is 3. The number of likely N-dealkylation sites (N-methyl/N-ethyl adjacent to an activating group) is 1. The van der Waals surface area contributed by atoms with Crippen molar-refractivity contribution in [1.82, 2.24) is 14.9 Å². The van der Waals surface area contributed by atoms with Crippen molar-refractivity contribution in [3.05, 3.63) is 53.9 Å². The fourth-order valence-electron chi connectivity index (χ4n) is 3.03. The van der Waals surface area contributed by atoms with E-state index in [0.29, 0.717) is 30.2 Å². The lowest BCUT2D eigenvalue weighted by Gasteiger charge is -2.18. The summed E-state index contributed by atoms with van der Waals surface area (Å²) in [4.78, 5) is 23.0. The molecule has 30 heavy (non-hydrogen) atoms. The summed E-state index contributed by atoms with van der Waals surface area (Å²) in [7, 11) is 4.94. The molecule has 1 heterocycles. The number of hydrogen-bond donors (Lipinski definition) is 1. The molecule has 0 saturated carbocycles. The van der Waals surface area contributed by atoms with Crippen molar-refractivity contribution in [2.24, 2.45) is 0 Å². The van der Waals surface area contributed by atoms with E-state index in [0.717, 1.165) is 22.2 Å². The van der Waals surface area contributed by atoms with Crippen LogP contribution >= 0.6 is 0 Å². The maximum absolute atomic E-state index is 12.6. The Morgan fingerprint density at radius 2 is 2.07 bits per heavy atom. The molecule has 3 aromatic rings. The van der Waals surface area contributed by atoms with E-state index in [2.05, 4.69) is 21.2 Å². The quantitative estimate of drug-likeness (QED) is 0.582. The highest BCUT2D eigenvalue weighted by Crippen LogP contribution is 2.30. The van der Waals surface area contributed by atoms with Crippen LogP contribution < -0.4 is 10.1 Å². The third-order valence-corrected chi connectivity index (χ3v) is 4.73. The van der Waals surface area contributed by atoms with Crippen molar-refractivity contribution >= 4 is 28.3 Å². The summed E-state index contributed by atoms with van der Waals surface area (Å²) in [5.74, 6) is 3.82. The molecule has 1 N–H and O–H groups in total. The number of aromatic nitrogens is 2. The van der Waals surface area contributed by atoms with Crippen LogP contribution in [0.3, 0.4) is 0 Å². The molecule has 154 valence electrons. The van der Waals surface area contributed by atoms with Gasteiger partial charge in [-0.15, -0.1) is 6.42 Å². The highest BCUT2D eigenvalue weighted by molar-refractivity contribution is 5.93. The number of ether oxygens (including phenoxy) is 2. The zero-order valence-electron chi connectivity index (χ0n) is 17.3. The molecule has 0 spiro atoms. The van der Waals surface area contributed by atoms with E-state index in [1.165, 1.54) is 6.33 Å². The number of amides is 1. The Morgan fingerprint density at radius 3 is 2.80 bits per heavy atom. The van der Waals surface area contributed by atoms with Gasteiger partial charge >= 0.3 is 0 Å². The van der Waals surface area contributed by atoms with Gasteiger partial charge in [0.1, 0.15) is 17.9 Å². The molecule has 0 radical (unpaired) electrons. The van der Waals surface area contributed by atoms with Crippen LogP contribution in [0.5, 0.6) is 5.75 Å². The van der Waals surface area contributed by atoms with Crippen molar-refractivity contribution in [2.45, 2.75) is 6.42 Å². The second-order valence-corrected chi connectivity index (χ2v) is 6.74. The maximum atomic E-state index is 12.6. The maximum Gasteiger partial charge on any atom is 0.226 e. The number of carbonyl (C=O) groups excluding carboxylic acids is 1. The predicted molar refractivity (Wildman–Crippen MR) is 117 cm³/mol. The Kier molecular flexibility index (Phi) is 6.83. The molecule has 0 aliphatic carbocycles. The molecule has 1 amide bonds. The molecule has 0 saturated heterocycles. The Balaban J connectivity index is 1.95. The molecule has 7 nitrogen and oxygen atoms in total. The number of nitrogens with one attached hydrogen (secondary N) is 1. The Labute approximate surface area is 176 Å². The van der Waals surface area contributed by atoms with Gasteiger partial charge in [-0.05, 0) is 24.3 Å². The van der Waals surface area contributed by atoms with Crippen LogP contribution in [0.25, 0.3) is 10.9 Å². The number of hydrogen-bond acceptors (Lipinski definition) is 6. The van der Waals surface area contributed by atoms with Crippen molar-refractivity contribution in [2.75, 3.05) is 39.7 Å². The summed E-state index contributed by atoms with van der Waals surface area (Å²) >= 11 is 0. The van der Waals surface area contributed by atoms with Gasteiger partial charge in [0, 0.05) is 49.0 Å². The summed E-state index contributed by atoms with van der Waals surface area (Å²) in [6.07, 6.45) is 7.17. The number of rotatable bonds is 8. The Hall–Kier alpha value is -3.63. The van der Waals surface area contributed by atoms with Gasteiger partial charge in [0.15, 0.2) is 0 Å². The van der Waals surface area contributed by atoms with Crippen LogP contribution in [0.2, 0.25) is 0 Å². The molecule has 0 fully saturated rings. The number of benzene rings is 2. The van der Waals surface area contributed by atoms with Gasteiger partial charge < -0.3 is 19.7 Å². The molecule has 0 unspecified atom stereocenters. The zero-order chi connectivity index (χ0) is 21.5. The first-order valence-electron chi connectivity index (χ1n) is 9.44. The van der Waals surface area contributed by atoms with Gasteiger partial charge in [-0.3, -0.25) is 4.79 Å². The van der Waals surface area contributed by atoms with Gasteiger partial charge in [0.05, 0.1) is 25.7 Å². The van der Waals surface area contributed by atoms with Gasteiger partial charge in [0.2, 0.25) is 5.91 Å². The summed E-state index contributed by atoms with van der Waals surface area (Å²) < 4.78 is 10.6. The summed E-state index contributed by atoms with van der Waals surface area (Å²) in [6, 6.07) is 11.2. The summed E-state index contributed by atoms with van der Waals surface area (Å²) in [6.45, 7) is 1.00. The third kappa shape index (κ3) is 4.85. The average Bonchev–Trinajstić information content (AvgIpc) is 2.77. The molecular formula is C23H24N4O3. The minimum absolute atomic E-state index is 0.0298. The van der Waals surface area contributed by atoms with Crippen molar-refractivity contribution in [3.63, 3.8) is 0 Å². The highest BCUT2D eigenvalue weighted by Gasteiger charge is 2.16. The third-order valence-electron chi connectivity index (χ3n) is 4.73. The highest BCUT2D eigenvalue weighted by atomic mass is 16.5. The fourth-order valence-corrected chi connectivity index (χ4v) is 3.03. The summed E-state index contributed by atoms with van der Waals surface area (Å²) in [5.41, 5.74) is 3.06. The van der Waals surface area contributed by atoms with Crippen LogP contribution in [-0.4, -0.2) is 55.2 Å². The van der Waals surface area contributed by atoms with E-state index in [1.54, 1.807) is 26.2 Å².